The van der Waals surface area contributed by atoms with Crippen molar-refractivity contribution in [1.29, 1.82) is 0 Å². The molecule has 98 valence electrons. The first kappa shape index (κ1) is 14.7. The van der Waals surface area contributed by atoms with Crippen LogP contribution in [0.1, 0.15) is 45.5 Å². The quantitative estimate of drug-likeness (QED) is 0.838. The van der Waals surface area contributed by atoms with Crippen molar-refractivity contribution in [3.05, 3.63) is 15.9 Å². The van der Waals surface area contributed by atoms with Gasteiger partial charge in [0.05, 0.1) is 15.9 Å². The van der Waals surface area contributed by atoms with Crippen LogP contribution in [0.15, 0.2) is 4.47 Å². The first-order chi connectivity index (χ1) is 8.13. The lowest BCUT2D eigenvalue weighted by Crippen LogP contribution is -2.26. The first-order valence-corrected chi connectivity index (χ1v) is 7.40. The van der Waals surface area contributed by atoms with Gasteiger partial charge in [0, 0.05) is 12.6 Å². The number of aryl methyl sites for hydroxylation is 2. The van der Waals surface area contributed by atoms with Crippen LogP contribution in [0.25, 0.3) is 0 Å². The van der Waals surface area contributed by atoms with Gasteiger partial charge in [-0.2, -0.15) is 5.10 Å². The molecule has 0 saturated heterocycles. The van der Waals surface area contributed by atoms with E-state index in [9.17, 15) is 0 Å². The van der Waals surface area contributed by atoms with Crippen LogP contribution >= 0.6 is 15.9 Å². The van der Waals surface area contributed by atoms with Crippen molar-refractivity contribution in [2.75, 3.05) is 6.54 Å². The fourth-order valence-electron chi connectivity index (χ4n) is 2.06. The van der Waals surface area contributed by atoms with Gasteiger partial charge in [-0.3, -0.25) is 4.68 Å². The van der Waals surface area contributed by atoms with Gasteiger partial charge in [0.2, 0.25) is 0 Å². The molecule has 1 aromatic heterocycles. The minimum Gasteiger partial charge on any atom is -0.315 e. The van der Waals surface area contributed by atoms with E-state index in [0.717, 1.165) is 32.4 Å². The predicted molar refractivity (Wildman–Crippen MR) is 76.4 cm³/mol. The SMILES string of the molecule is CCNC(C)CCc1c(Br)c(CC)nn1CC. The van der Waals surface area contributed by atoms with Crippen molar-refractivity contribution >= 4 is 15.9 Å². The number of nitrogens with zero attached hydrogens (tertiary/aromatic N) is 2. The Bertz CT molecular complexity index is 347. The van der Waals surface area contributed by atoms with E-state index in [2.05, 4.69) is 58.7 Å². The van der Waals surface area contributed by atoms with Crippen LogP contribution in [0.4, 0.5) is 0 Å². The smallest absolute Gasteiger partial charge is 0.0766 e. The summed E-state index contributed by atoms with van der Waals surface area (Å²) in [6.07, 6.45) is 3.22. The maximum Gasteiger partial charge on any atom is 0.0766 e. The monoisotopic (exact) mass is 301 g/mol. The van der Waals surface area contributed by atoms with E-state index < -0.39 is 0 Å². The van der Waals surface area contributed by atoms with Crippen molar-refractivity contribution in [3.8, 4) is 0 Å². The van der Waals surface area contributed by atoms with Crippen molar-refractivity contribution < 1.29 is 0 Å². The number of hydrogen-bond acceptors (Lipinski definition) is 2. The molecule has 1 heterocycles. The maximum atomic E-state index is 4.62. The predicted octanol–water partition coefficient (Wildman–Crippen LogP) is 3.16. The molecule has 1 N–H and O–H groups in total. The molecule has 0 aromatic carbocycles. The third-order valence-electron chi connectivity index (χ3n) is 3.06. The molecule has 3 nitrogen and oxygen atoms in total. The van der Waals surface area contributed by atoms with Gasteiger partial charge in [0.25, 0.3) is 0 Å². The van der Waals surface area contributed by atoms with Crippen molar-refractivity contribution in [2.24, 2.45) is 0 Å². The standard InChI is InChI=1S/C13H24BrN3/c1-5-11-13(14)12(17(7-3)16-11)9-8-10(4)15-6-2/h10,15H,5-9H2,1-4H3. The molecule has 0 radical (unpaired) electrons. The highest BCUT2D eigenvalue weighted by atomic mass is 79.9. The van der Waals surface area contributed by atoms with Crippen LogP contribution in [0.5, 0.6) is 0 Å². The molecule has 1 atom stereocenters. The summed E-state index contributed by atoms with van der Waals surface area (Å²) in [4.78, 5) is 0. The Balaban J connectivity index is 2.72. The van der Waals surface area contributed by atoms with Crippen molar-refractivity contribution in [3.63, 3.8) is 0 Å². The number of aromatic nitrogens is 2. The second-order valence-electron chi connectivity index (χ2n) is 4.37. The van der Waals surface area contributed by atoms with Crippen molar-refractivity contribution in [1.82, 2.24) is 15.1 Å². The van der Waals surface area contributed by atoms with Crippen LogP contribution in [-0.4, -0.2) is 22.4 Å². The lowest BCUT2D eigenvalue weighted by Gasteiger charge is -2.12. The molecule has 0 amide bonds. The van der Waals surface area contributed by atoms with E-state index in [4.69, 9.17) is 0 Å². The van der Waals surface area contributed by atoms with E-state index in [1.165, 1.54) is 15.9 Å². The van der Waals surface area contributed by atoms with Crippen molar-refractivity contribution in [2.45, 2.75) is 59.5 Å². The summed E-state index contributed by atoms with van der Waals surface area (Å²) in [5.41, 5.74) is 2.52. The second-order valence-corrected chi connectivity index (χ2v) is 5.17. The Kier molecular flexibility index (Phi) is 6.20. The summed E-state index contributed by atoms with van der Waals surface area (Å²) in [5.74, 6) is 0. The summed E-state index contributed by atoms with van der Waals surface area (Å²) < 4.78 is 3.34. The van der Waals surface area contributed by atoms with E-state index in [-0.39, 0.29) is 0 Å². The molecule has 0 aliphatic carbocycles. The number of nitrogens with one attached hydrogen (secondary N) is 1. The van der Waals surface area contributed by atoms with E-state index in [1.807, 2.05) is 0 Å². The van der Waals surface area contributed by atoms with Crippen LogP contribution < -0.4 is 5.32 Å². The minimum atomic E-state index is 0.567. The topological polar surface area (TPSA) is 29.9 Å². The normalized spacial score (nSPS) is 13.0. The third-order valence-corrected chi connectivity index (χ3v) is 3.98. The Morgan fingerprint density at radius 3 is 2.59 bits per heavy atom. The molecule has 0 fully saturated rings. The Morgan fingerprint density at radius 1 is 1.35 bits per heavy atom. The molecule has 0 aliphatic rings. The zero-order valence-corrected chi connectivity index (χ0v) is 13.0. The third kappa shape index (κ3) is 3.81. The molecule has 4 heteroatoms. The lowest BCUT2D eigenvalue weighted by molar-refractivity contribution is 0.512. The average molecular weight is 302 g/mol. The molecular formula is C13H24BrN3. The summed E-state index contributed by atoms with van der Waals surface area (Å²) in [6, 6.07) is 0.567. The molecule has 0 aliphatic heterocycles. The highest BCUT2D eigenvalue weighted by molar-refractivity contribution is 9.10. The lowest BCUT2D eigenvalue weighted by atomic mass is 10.1. The van der Waals surface area contributed by atoms with Crippen LogP contribution in [-0.2, 0) is 19.4 Å². The molecular weight excluding hydrogens is 278 g/mol. The average Bonchev–Trinajstić information content (AvgIpc) is 2.63. The fraction of sp³-hybridized carbons (Fsp3) is 0.769. The molecule has 17 heavy (non-hydrogen) atoms. The van der Waals surface area contributed by atoms with E-state index in [1.54, 1.807) is 0 Å². The number of halogens is 1. The van der Waals surface area contributed by atoms with Crippen LogP contribution in [0.3, 0.4) is 0 Å². The maximum absolute atomic E-state index is 4.62. The zero-order valence-electron chi connectivity index (χ0n) is 11.4. The molecule has 0 spiro atoms. The Labute approximate surface area is 113 Å². The first-order valence-electron chi connectivity index (χ1n) is 6.61. The molecule has 0 saturated carbocycles. The second kappa shape index (κ2) is 7.17. The van der Waals surface area contributed by atoms with E-state index in [0.29, 0.717) is 6.04 Å². The molecule has 0 bridgehead atoms. The van der Waals surface area contributed by atoms with Crippen LogP contribution in [0, 0.1) is 0 Å². The number of rotatable bonds is 7. The summed E-state index contributed by atoms with van der Waals surface area (Å²) in [5, 5.41) is 8.07. The van der Waals surface area contributed by atoms with Gasteiger partial charge in [-0.1, -0.05) is 13.8 Å². The zero-order chi connectivity index (χ0) is 12.8. The minimum absolute atomic E-state index is 0.567. The largest absolute Gasteiger partial charge is 0.315 e. The van der Waals surface area contributed by atoms with Gasteiger partial charge in [-0.05, 0) is 55.6 Å². The van der Waals surface area contributed by atoms with Gasteiger partial charge < -0.3 is 5.32 Å². The Hall–Kier alpha value is -0.350. The highest BCUT2D eigenvalue weighted by Gasteiger charge is 2.14. The van der Waals surface area contributed by atoms with E-state index >= 15 is 0 Å². The summed E-state index contributed by atoms with van der Waals surface area (Å²) in [6.45, 7) is 10.7. The van der Waals surface area contributed by atoms with Gasteiger partial charge in [0.15, 0.2) is 0 Å². The summed E-state index contributed by atoms with van der Waals surface area (Å²) in [7, 11) is 0. The fourth-order valence-corrected chi connectivity index (χ4v) is 2.82. The Morgan fingerprint density at radius 2 is 2.06 bits per heavy atom. The highest BCUT2D eigenvalue weighted by Crippen LogP contribution is 2.23. The van der Waals surface area contributed by atoms with Gasteiger partial charge in [-0.25, -0.2) is 0 Å². The van der Waals surface area contributed by atoms with Gasteiger partial charge >= 0.3 is 0 Å². The van der Waals surface area contributed by atoms with Gasteiger partial charge in [-0.15, -0.1) is 0 Å². The van der Waals surface area contributed by atoms with Gasteiger partial charge in [0.1, 0.15) is 0 Å². The molecule has 1 rings (SSSR count). The molecule has 1 unspecified atom stereocenters. The van der Waals surface area contributed by atoms with Crippen LogP contribution in [0.2, 0.25) is 0 Å². The molecule has 1 aromatic rings. The summed E-state index contributed by atoms with van der Waals surface area (Å²) >= 11 is 3.69. The number of hydrogen-bond donors (Lipinski definition) is 1.